The topological polar surface area (TPSA) is 78.4 Å². The highest BCUT2D eigenvalue weighted by Crippen LogP contribution is 2.12. The number of hydrogen-bond acceptors (Lipinski definition) is 3. The smallest absolute Gasteiger partial charge is 0.220 e. The van der Waals surface area contributed by atoms with Gasteiger partial charge in [-0.3, -0.25) is 9.59 Å². The molecule has 294 valence electrons. The number of allylic oxidation sites excluding steroid dienone is 4. The van der Waals surface area contributed by atoms with Gasteiger partial charge in [-0.1, -0.05) is 141 Å². The third-order valence-corrected chi connectivity index (χ3v) is 10.4. The number of rotatable bonds is 39. The highest BCUT2D eigenvalue weighted by molar-refractivity contribution is 5.76. The van der Waals surface area contributed by atoms with E-state index in [0.717, 1.165) is 45.3 Å². The van der Waals surface area contributed by atoms with Gasteiger partial charge in [0.05, 0.1) is 39.3 Å². The van der Waals surface area contributed by atoms with Crippen LogP contribution in [0.4, 0.5) is 0 Å². The van der Waals surface area contributed by atoms with Gasteiger partial charge in [-0.15, -0.1) is 0 Å². The van der Waals surface area contributed by atoms with Crippen molar-refractivity contribution in [3.63, 3.8) is 0 Å². The molecule has 0 atom stereocenters. The third-order valence-electron chi connectivity index (χ3n) is 10.4. The number of carbonyl (C=O) groups excluding carboxylic acids is 2. The zero-order chi connectivity index (χ0) is 36.6. The monoisotopic (exact) mass is 705 g/mol. The number of aliphatic hydroxyl groups is 1. The molecule has 50 heavy (non-hydrogen) atoms. The molecule has 2 amide bonds. The maximum atomic E-state index is 12.5. The van der Waals surface area contributed by atoms with Gasteiger partial charge >= 0.3 is 0 Å². The number of quaternary nitrogens is 1. The van der Waals surface area contributed by atoms with Crippen molar-refractivity contribution in [3.8, 4) is 0 Å². The van der Waals surface area contributed by atoms with Gasteiger partial charge in [0.15, 0.2) is 0 Å². The fraction of sp³-hybridized carbons (Fsp3) is 0.864. The maximum absolute atomic E-state index is 12.5. The van der Waals surface area contributed by atoms with Crippen LogP contribution in [0.2, 0.25) is 0 Å². The summed E-state index contributed by atoms with van der Waals surface area (Å²) in [5.41, 5.74) is 0. The normalized spacial score (nSPS) is 12.0. The average Bonchev–Trinajstić information content (AvgIpc) is 3.11. The molecule has 0 saturated carbocycles. The number of amides is 2. The van der Waals surface area contributed by atoms with Crippen LogP contribution in [-0.2, 0) is 9.59 Å². The van der Waals surface area contributed by atoms with Gasteiger partial charge in [0.1, 0.15) is 6.54 Å². The van der Waals surface area contributed by atoms with E-state index in [1.165, 1.54) is 141 Å². The molecule has 0 spiro atoms. The Morgan fingerprint density at radius 3 is 1.10 bits per heavy atom. The van der Waals surface area contributed by atoms with E-state index in [2.05, 4.69) is 55.7 Å². The summed E-state index contributed by atoms with van der Waals surface area (Å²) in [5, 5.41) is 16.0. The van der Waals surface area contributed by atoms with E-state index in [4.69, 9.17) is 0 Å². The second-order valence-corrected chi connectivity index (χ2v) is 14.9. The molecule has 6 nitrogen and oxygen atoms in total. The van der Waals surface area contributed by atoms with Gasteiger partial charge in [0.2, 0.25) is 11.8 Å². The van der Waals surface area contributed by atoms with Crippen LogP contribution in [0.25, 0.3) is 0 Å². The van der Waals surface area contributed by atoms with E-state index in [0.29, 0.717) is 37.0 Å². The molecule has 0 aliphatic heterocycles. The van der Waals surface area contributed by atoms with E-state index in [1.807, 2.05) is 0 Å². The molecule has 0 saturated heterocycles. The molecule has 0 aromatic heterocycles. The second-order valence-electron chi connectivity index (χ2n) is 14.9. The Kier molecular flexibility index (Phi) is 37.3. The summed E-state index contributed by atoms with van der Waals surface area (Å²) in [6.07, 6.45) is 43.4. The first-order valence-electron chi connectivity index (χ1n) is 21.8. The van der Waals surface area contributed by atoms with Crippen molar-refractivity contribution < 1.29 is 19.2 Å². The van der Waals surface area contributed by atoms with Crippen LogP contribution >= 0.6 is 0 Å². The zero-order valence-electron chi connectivity index (χ0n) is 33.8. The van der Waals surface area contributed by atoms with E-state index in [-0.39, 0.29) is 18.4 Å². The van der Waals surface area contributed by atoms with Crippen LogP contribution in [0.3, 0.4) is 0 Å². The van der Waals surface area contributed by atoms with Gasteiger partial charge in [-0.2, -0.15) is 0 Å². The molecule has 0 rings (SSSR count). The lowest BCUT2D eigenvalue weighted by Crippen LogP contribution is -2.56. The van der Waals surface area contributed by atoms with Crippen LogP contribution in [0.5, 0.6) is 0 Å². The Bertz CT molecular complexity index is 739. The van der Waals surface area contributed by atoms with E-state index in [9.17, 15) is 14.7 Å². The molecule has 0 aliphatic carbocycles. The first-order chi connectivity index (χ1) is 24.5. The van der Waals surface area contributed by atoms with Crippen molar-refractivity contribution in [3.05, 3.63) is 24.3 Å². The number of aliphatic hydroxyl groups excluding tert-OH is 1. The Morgan fingerprint density at radius 1 is 0.460 bits per heavy atom. The van der Waals surface area contributed by atoms with Gasteiger partial charge in [0, 0.05) is 12.8 Å². The summed E-state index contributed by atoms with van der Waals surface area (Å²) in [6.45, 7) is 11.1. The molecule has 0 radical (unpaired) electrons. The second kappa shape index (κ2) is 38.6. The van der Waals surface area contributed by atoms with Crippen molar-refractivity contribution in [1.82, 2.24) is 10.6 Å². The number of carbonyl (C=O) groups is 2. The Morgan fingerprint density at radius 2 is 0.780 bits per heavy atom. The van der Waals surface area contributed by atoms with E-state index < -0.39 is 0 Å². The van der Waals surface area contributed by atoms with Gasteiger partial charge in [-0.25, -0.2) is 0 Å². The molecule has 6 heteroatoms. The molecule has 0 fully saturated rings. The molecule has 0 aromatic carbocycles. The minimum absolute atomic E-state index is 0.111. The minimum atomic E-state index is 0.111. The first kappa shape index (κ1) is 48.3. The highest BCUT2D eigenvalue weighted by atomic mass is 16.3. The van der Waals surface area contributed by atoms with Crippen LogP contribution < -0.4 is 10.6 Å². The largest absolute Gasteiger partial charge is 0.391 e. The van der Waals surface area contributed by atoms with Crippen molar-refractivity contribution in [2.45, 2.75) is 201 Å². The average molecular weight is 705 g/mol. The lowest BCUT2D eigenvalue weighted by atomic mass is 10.1. The summed E-state index contributed by atoms with van der Waals surface area (Å²) >= 11 is 0. The van der Waals surface area contributed by atoms with Crippen molar-refractivity contribution in [2.24, 2.45) is 0 Å². The lowest BCUT2D eigenvalue weighted by molar-refractivity contribution is -0.924. The molecule has 0 heterocycles. The van der Waals surface area contributed by atoms with Crippen LogP contribution in [0.1, 0.15) is 201 Å². The van der Waals surface area contributed by atoms with Crippen molar-refractivity contribution in [2.75, 3.05) is 45.9 Å². The SMILES string of the molecule is CCCCCCCC/C=C\CCCCCCCC(=O)NCC[N+](CC)(CCO)CCNC(=O)CCCCCCC/C=C\CCCCCCCC. The number of nitrogens with zero attached hydrogens (tertiary/aromatic N) is 1. The number of unbranched alkanes of at least 4 members (excludes halogenated alkanes) is 22. The lowest BCUT2D eigenvalue weighted by Gasteiger charge is -2.37. The fourth-order valence-electron chi connectivity index (χ4n) is 6.78. The molecule has 0 bridgehead atoms. The Hall–Kier alpha value is -1.66. The Labute approximate surface area is 311 Å². The quantitative estimate of drug-likeness (QED) is 0.0339. The molecule has 0 aromatic rings. The standard InChI is InChI=1S/C44H85N3O3/c1-4-7-9-11-13-15-17-19-21-23-25-27-29-31-33-35-43(49)45-37-39-47(6-3,41-42-48)40-38-46-44(50)36-34-32-30-28-26-24-22-20-18-16-14-12-10-8-5-2/h19-22,48H,4-18,23-42H2,1-3H3,(H-,45,46,49,50)/p+1/b21-19-,22-20-. The molecular weight excluding hydrogens is 619 g/mol. The van der Waals surface area contributed by atoms with Crippen molar-refractivity contribution >= 4 is 11.8 Å². The number of hydrogen-bond donors (Lipinski definition) is 3. The van der Waals surface area contributed by atoms with E-state index >= 15 is 0 Å². The van der Waals surface area contributed by atoms with Gasteiger partial charge in [-0.05, 0) is 71.1 Å². The number of nitrogens with one attached hydrogen (secondary N) is 2. The predicted molar refractivity (Wildman–Crippen MR) is 217 cm³/mol. The fourth-order valence-corrected chi connectivity index (χ4v) is 6.78. The summed E-state index contributed by atoms with van der Waals surface area (Å²) in [6, 6.07) is 0. The van der Waals surface area contributed by atoms with E-state index in [1.54, 1.807) is 0 Å². The van der Waals surface area contributed by atoms with Crippen molar-refractivity contribution in [1.29, 1.82) is 0 Å². The van der Waals surface area contributed by atoms with Crippen LogP contribution in [-0.4, -0.2) is 67.3 Å². The van der Waals surface area contributed by atoms with Crippen LogP contribution in [0.15, 0.2) is 24.3 Å². The summed E-state index contributed by atoms with van der Waals surface area (Å²) in [4.78, 5) is 24.9. The predicted octanol–water partition coefficient (Wildman–Crippen LogP) is 11.1. The van der Waals surface area contributed by atoms with Crippen LogP contribution in [0, 0.1) is 0 Å². The summed E-state index contributed by atoms with van der Waals surface area (Å²) in [7, 11) is 0. The zero-order valence-corrected chi connectivity index (χ0v) is 33.8. The first-order valence-corrected chi connectivity index (χ1v) is 21.8. The minimum Gasteiger partial charge on any atom is -0.391 e. The summed E-state index contributed by atoms with van der Waals surface area (Å²) in [5.74, 6) is 0.267. The highest BCUT2D eigenvalue weighted by Gasteiger charge is 2.24. The van der Waals surface area contributed by atoms with Gasteiger partial charge in [0.25, 0.3) is 0 Å². The maximum Gasteiger partial charge on any atom is 0.220 e. The molecule has 0 unspecified atom stereocenters. The number of likely N-dealkylation sites (N-methyl/N-ethyl adjacent to an activating group) is 1. The van der Waals surface area contributed by atoms with Gasteiger partial charge < -0.3 is 20.2 Å². The molecular formula is C44H86N3O3+. The third kappa shape index (κ3) is 33.5. The molecule has 3 N–H and O–H groups in total. The molecule has 0 aliphatic rings. The summed E-state index contributed by atoms with van der Waals surface area (Å²) < 4.78 is 0.706. The Balaban J connectivity index is 3.87.